The van der Waals surface area contributed by atoms with Crippen molar-refractivity contribution in [1.82, 2.24) is 20.9 Å². The van der Waals surface area contributed by atoms with Crippen LogP contribution in [0.2, 0.25) is 0 Å². The number of amides is 1. The number of nitrogens with zero attached hydrogens (tertiary/aromatic N) is 3. The predicted octanol–water partition coefficient (Wildman–Crippen LogP) is 2.08. The third kappa shape index (κ3) is 7.02. The molecule has 156 valence electrons. The van der Waals surface area contributed by atoms with E-state index in [2.05, 4.69) is 49.9 Å². The Hall–Kier alpha value is -2.31. The van der Waals surface area contributed by atoms with Crippen molar-refractivity contribution in [2.24, 2.45) is 10.4 Å². The van der Waals surface area contributed by atoms with E-state index in [9.17, 15) is 4.79 Å². The van der Waals surface area contributed by atoms with Gasteiger partial charge < -0.3 is 20.9 Å². The van der Waals surface area contributed by atoms with Crippen molar-refractivity contribution in [3.8, 4) is 0 Å². The van der Waals surface area contributed by atoms with Crippen molar-refractivity contribution < 1.29 is 4.79 Å². The molecule has 2 rings (SSSR count). The third-order valence-corrected chi connectivity index (χ3v) is 4.73. The Bertz CT molecular complexity index is 659. The van der Waals surface area contributed by atoms with Crippen molar-refractivity contribution in [1.29, 1.82) is 0 Å². The number of hydrogen-bond acceptors (Lipinski definition) is 4. The molecule has 28 heavy (non-hydrogen) atoms. The maximum Gasteiger partial charge on any atom is 0.225 e. The summed E-state index contributed by atoms with van der Waals surface area (Å²) in [6.07, 6.45) is 2.08. The van der Waals surface area contributed by atoms with Gasteiger partial charge in [0.05, 0.1) is 6.54 Å². The zero-order valence-electron chi connectivity index (χ0n) is 18.0. The molecule has 3 N–H and O–H groups in total. The van der Waals surface area contributed by atoms with E-state index in [1.165, 1.54) is 0 Å². The summed E-state index contributed by atoms with van der Waals surface area (Å²) in [5, 5.41) is 9.77. The van der Waals surface area contributed by atoms with Crippen molar-refractivity contribution in [2.45, 2.75) is 53.5 Å². The Morgan fingerprint density at radius 3 is 2.57 bits per heavy atom. The maximum absolute atomic E-state index is 11.9. The summed E-state index contributed by atoms with van der Waals surface area (Å²) in [4.78, 5) is 23.5. The maximum atomic E-state index is 11.9. The Morgan fingerprint density at radius 1 is 1.25 bits per heavy atom. The lowest BCUT2D eigenvalue weighted by molar-refractivity contribution is -0.128. The molecule has 1 aromatic heterocycles. The third-order valence-electron chi connectivity index (χ3n) is 4.73. The largest absolute Gasteiger partial charge is 0.357 e. The first kappa shape index (κ1) is 22.0. The van der Waals surface area contributed by atoms with Crippen molar-refractivity contribution in [3.05, 3.63) is 23.9 Å². The van der Waals surface area contributed by atoms with Gasteiger partial charge in [0, 0.05) is 43.3 Å². The zero-order valence-corrected chi connectivity index (χ0v) is 18.0. The van der Waals surface area contributed by atoms with Crippen LogP contribution in [0.15, 0.2) is 23.2 Å². The van der Waals surface area contributed by atoms with Crippen LogP contribution < -0.4 is 20.9 Å². The topological polar surface area (TPSA) is 81.6 Å². The minimum Gasteiger partial charge on any atom is -0.357 e. The van der Waals surface area contributed by atoms with E-state index in [4.69, 9.17) is 0 Å². The lowest BCUT2D eigenvalue weighted by Crippen LogP contribution is -2.49. The summed E-state index contributed by atoms with van der Waals surface area (Å²) in [5.74, 6) is 1.94. The summed E-state index contributed by atoms with van der Waals surface area (Å²) in [7, 11) is 0. The Balaban J connectivity index is 1.80. The van der Waals surface area contributed by atoms with Crippen molar-refractivity contribution in [3.63, 3.8) is 0 Å². The Morgan fingerprint density at radius 2 is 1.96 bits per heavy atom. The number of aliphatic imine (C=N–C) groups is 1. The summed E-state index contributed by atoms with van der Waals surface area (Å²) in [6.45, 7) is 13.7. The minimum atomic E-state index is -0.368. The number of hydrogen-bond donors (Lipinski definition) is 3. The molecule has 0 unspecified atom stereocenters. The van der Waals surface area contributed by atoms with Gasteiger partial charge in [-0.25, -0.2) is 4.98 Å². The van der Waals surface area contributed by atoms with E-state index in [0.717, 1.165) is 49.9 Å². The van der Waals surface area contributed by atoms with Crippen LogP contribution in [0.3, 0.4) is 0 Å². The number of rotatable bonds is 6. The Kier molecular flexibility index (Phi) is 8.08. The molecule has 1 amide bonds. The lowest BCUT2D eigenvalue weighted by atomic mass is 9.96. The molecule has 7 nitrogen and oxygen atoms in total. The molecule has 1 saturated heterocycles. The fourth-order valence-electron chi connectivity index (χ4n) is 3.07. The summed E-state index contributed by atoms with van der Waals surface area (Å²) in [6, 6.07) is 6.57. The van der Waals surface area contributed by atoms with Gasteiger partial charge in [-0.15, -0.1) is 0 Å². The molecule has 1 fully saturated rings. The van der Waals surface area contributed by atoms with Crippen LogP contribution in [0.1, 0.15) is 46.2 Å². The quantitative estimate of drug-likeness (QED) is 0.395. The van der Waals surface area contributed by atoms with E-state index in [1.807, 2.05) is 33.8 Å². The number of piperidine rings is 1. The number of aromatic nitrogens is 1. The fraction of sp³-hybridized carbons (Fsp3) is 0.667. The van der Waals surface area contributed by atoms with Gasteiger partial charge in [-0.2, -0.15) is 0 Å². The van der Waals surface area contributed by atoms with Gasteiger partial charge in [0.25, 0.3) is 0 Å². The van der Waals surface area contributed by atoms with Gasteiger partial charge in [-0.1, -0.05) is 26.8 Å². The van der Waals surface area contributed by atoms with E-state index in [-0.39, 0.29) is 11.3 Å². The second kappa shape index (κ2) is 10.3. The average molecular weight is 389 g/mol. The molecule has 1 aliphatic rings. The highest BCUT2D eigenvalue weighted by Gasteiger charge is 2.21. The number of guanidine groups is 1. The molecular formula is C21H36N6O. The molecule has 0 saturated carbocycles. The average Bonchev–Trinajstić information content (AvgIpc) is 2.65. The number of carbonyl (C=O) groups excluding carboxylic acids is 1. The van der Waals surface area contributed by atoms with Crippen molar-refractivity contribution >= 4 is 17.7 Å². The molecule has 0 bridgehead atoms. The summed E-state index contributed by atoms with van der Waals surface area (Å²) < 4.78 is 0. The molecule has 7 heteroatoms. The molecule has 0 atom stereocenters. The molecule has 0 aromatic carbocycles. The van der Waals surface area contributed by atoms with Gasteiger partial charge in [0.2, 0.25) is 5.91 Å². The SMILES string of the molecule is CCNC(=NCCNC(=O)C(C)(C)C)NC1CCN(c2cccc(C)n2)CC1. The van der Waals surface area contributed by atoms with E-state index in [1.54, 1.807) is 0 Å². The normalized spacial score (nSPS) is 16.0. The number of nitrogens with one attached hydrogen (secondary N) is 3. The summed E-state index contributed by atoms with van der Waals surface area (Å²) in [5.41, 5.74) is 0.685. The minimum absolute atomic E-state index is 0.0535. The van der Waals surface area contributed by atoms with Gasteiger partial charge in [0.15, 0.2) is 5.96 Å². The fourth-order valence-corrected chi connectivity index (χ4v) is 3.07. The number of carbonyl (C=O) groups is 1. The number of anilines is 1. The first-order valence-corrected chi connectivity index (χ1v) is 10.3. The Labute approximate surface area is 169 Å². The molecule has 1 aromatic rings. The predicted molar refractivity (Wildman–Crippen MR) is 116 cm³/mol. The standard InChI is InChI=1S/C21H36N6O/c1-6-22-20(24-13-12-23-19(28)21(3,4)5)26-17-10-14-27(15-11-17)18-9-7-8-16(2)25-18/h7-9,17H,6,10-15H2,1-5H3,(H,23,28)(H2,22,24,26). The van der Waals surface area contributed by atoms with Crippen LogP contribution in [-0.4, -0.2) is 55.6 Å². The monoisotopic (exact) mass is 388 g/mol. The first-order valence-electron chi connectivity index (χ1n) is 10.3. The molecule has 0 radical (unpaired) electrons. The van der Waals surface area contributed by atoms with Gasteiger partial charge in [-0.05, 0) is 38.8 Å². The van der Waals surface area contributed by atoms with Crippen molar-refractivity contribution in [2.75, 3.05) is 37.6 Å². The van der Waals surface area contributed by atoms with Gasteiger partial charge >= 0.3 is 0 Å². The second-order valence-corrected chi connectivity index (χ2v) is 8.31. The zero-order chi connectivity index (χ0) is 20.6. The van der Waals surface area contributed by atoms with Crippen LogP contribution in [0.5, 0.6) is 0 Å². The second-order valence-electron chi connectivity index (χ2n) is 8.31. The van der Waals surface area contributed by atoms with Crippen LogP contribution in [0.25, 0.3) is 0 Å². The highest BCUT2D eigenvalue weighted by atomic mass is 16.2. The van der Waals surface area contributed by atoms with Gasteiger partial charge in [0.1, 0.15) is 5.82 Å². The molecule has 2 heterocycles. The van der Waals surface area contributed by atoms with E-state index < -0.39 is 0 Å². The molecule has 0 aliphatic carbocycles. The number of aryl methyl sites for hydroxylation is 1. The summed E-state index contributed by atoms with van der Waals surface area (Å²) >= 11 is 0. The molecule has 0 spiro atoms. The number of pyridine rings is 1. The smallest absolute Gasteiger partial charge is 0.225 e. The lowest BCUT2D eigenvalue weighted by Gasteiger charge is -2.34. The van der Waals surface area contributed by atoms with Crippen LogP contribution >= 0.6 is 0 Å². The van der Waals surface area contributed by atoms with E-state index >= 15 is 0 Å². The van der Waals surface area contributed by atoms with Crippen LogP contribution in [-0.2, 0) is 4.79 Å². The molecular weight excluding hydrogens is 352 g/mol. The van der Waals surface area contributed by atoms with Gasteiger partial charge in [-0.3, -0.25) is 9.79 Å². The highest BCUT2D eigenvalue weighted by molar-refractivity contribution is 5.81. The van der Waals surface area contributed by atoms with E-state index in [0.29, 0.717) is 19.1 Å². The van der Waals surface area contributed by atoms with Crippen LogP contribution in [0, 0.1) is 12.3 Å². The highest BCUT2D eigenvalue weighted by Crippen LogP contribution is 2.18. The molecule has 1 aliphatic heterocycles. The first-order chi connectivity index (χ1) is 13.3. The van der Waals surface area contributed by atoms with Crippen LogP contribution in [0.4, 0.5) is 5.82 Å².